The van der Waals surface area contributed by atoms with E-state index in [-0.39, 0.29) is 0 Å². The largest absolute Gasteiger partial charge is 0.378 e. The summed E-state index contributed by atoms with van der Waals surface area (Å²) in [4.78, 5) is 4.56. The Labute approximate surface area is 173 Å². The molecule has 148 valence electrons. The molecule has 3 aromatic carbocycles. The molecular formula is C26H28N2O. The van der Waals surface area contributed by atoms with Gasteiger partial charge in [0.05, 0.1) is 13.2 Å². The second kappa shape index (κ2) is 8.54. The minimum absolute atomic E-state index is 0.803. The van der Waals surface area contributed by atoms with Crippen LogP contribution >= 0.6 is 0 Å². The molecule has 1 aliphatic heterocycles. The van der Waals surface area contributed by atoms with Crippen molar-refractivity contribution in [2.45, 2.75) is 6.92 Å². The number of nitrogens with zero attached hydrogens (tertiary/aromatic N) is 2. The highest BCUT2D eigenvalue weighted by Gasteiger charge is 2.12. The van der Waals surface area contributed by atoms with Crippen molar-refractivity contribution in [3.63, 3.8) is 0 Å². The highest BCUT2D eigenvalue weighted by atomic mass is 16.5. The standard InChI is InChI=1S/C26H28N2O/c1-20-4-10-24(11-5-20)27(3)25-12-6-22(7-13-25)21(2)23-8-14-26(15-9-23)28-16-18-29-19-17-28/h4-15H,2,16-19H2,1,3H3. The van der Waals surface area contributed by atoms with E-state index in [9.17, 15) is 0 Å². The van der Waals surface area contributed by atoms with Crippen LogP contribution in [0.4, 0.5) is 17.1 Å². The molecule has 4 rings (SSSR count). The Morgan fingerprint density at radius 2 is 1.28 bits per heavy atom. The van der Waals surface area contributed by atoms with Gasteiger partial charge in [-0.1, -0.05) is 48.5 Å². The molecule has 1 saturated heterocycles. The van der Waals surface area contributed by atoms with Gasteiger partial charge in [0.2, 0.25) is 0 Å². The highest BCUT2D eigenvalue weighted by Crippen LogP contribution is 2.28. The number of hydrogen-bond acceptors (Lipinski definition) is 3. The summed E-state index contributed by atoms with van der Waals surface area (Å²) in [6.45, 7) is 9.96. The fourth-order valence-corrected chi connectivity index (χ4v) is 3.67. The van der Waals surface area contributed by atoms with Gasteiger partial charge in [-0.05, 0) is 60.0 Å². The van der Waals surface area contributed by atoms with Crippen LogP contribution in [0.5, 0.6) is 0 Å². The first kappa shape index (κ1) is 19.3. The Morgan fingerprint density at radius 3 is 1.83 bits per heavy atom. The maximum Gasteiger partial charge on any atom is 0.0642 e. The van der Waals surface area contributed by atoms with Gasteiger partial charge < -0.3 is 14.5 Å². The van der Waals surface area contributed by atoms with Crippen LogP contribution in [0.1, 0.15) is 16.7 Å². The van der Waals surface area contributed by atoms with E-state index in [1.54, 1.807) is 0 Å². The Kier molecular flexibility index (Phi) is 5.68. The summed E-state index contributed by atoms with van der Waals surface area (Å²) in [6, 6.07) is 25.9. The summed E-state index contributed by atoms with van der Waals surface area (Å²) < 4.78 is 5.44. The topological polar surface area (TPSA) is 15.7 Å². The lowest BCUT2D eigenvalue weighted by Gasteiger charge is -2.29. The van der Waals surface area contributed by atoms with Gasteiger partial charge in [0, 0.05) is 37.2 Å². The van der Waals surface area contributed by atoms with Gasteiger partial charge in [-0.15, -0.1) is 0 Å². The van der Waals surface area contributed by atoms with Crippen molar-refractivity contribution in [2.24, 2.45) is 0 Å². The molecular weight excluding hydrogens is 356 g/mol. The number of hydrogen-bond donors (Lipinski definition) is 0. The fraction of sp³-hybridized carbons (Fsp3) is 0.231. The minimum Gasteiger partial charge on any atom is -0.378 e. The Hall–Kier alpha value is -3.04. The third-order valence-corrected chi connectivity index (χ3v) is 5.62. The van der Waals surface area contributed by atoms with Crippen LogP contribution < -0.4 is 9.80 Å². The van der Waals surface area contributed by atoms with Crippen molar-refractivity contribution >= 4 is 22.6 Å². The zero-order valence-corrected chi connectivity index (χ0v) is 17.3. The highest BCUT2D eigenvalue weighted by molar-refractivity contribution is 5.80. The molecule has 3 aromatic rings. The van der Waals surface area contributed by atoms with E-state index >= 15 is 0 Å². The van der Waals surface area contributed by atoms with E-state index < -0.39 is 0 Å². The maximum absolute atomic E-state index is 5.44. The first-order valence-corrected chi connectivity index (χ1v) is 10.1. The molecule has 1 heterocycles. The lowest BCUT2D eigenvalue weighted by atomic mass is 9.99. The average Bonchev–Trinajstić information content (AvgIpc) is 2.79. The second-order valence-electron chi connectivity index (χ2n) is 7.57. The Morgan fingerprint density at radius 1 is 0.793 bits per heavy atom. The van der Waals surface area contributed by atoms with Crippen LogP contribution in [0.15, 0.2) is 79.4 Å². The number of anilines is 3. The van der Waals surface area contributed by atoms with Crippen LogP contribution in [0.2, 0.25) is 0 Å². The second-order valence-corrected chi connectivity index (χ2v) is 7.57. The van der Waals surface area contributed by atoms with E-state index in [0.29, 0.717) is 0 Å². The SMILES string of the molecule is C=C(c1ccc(N2CCOCC2)cc1)c1ccc(N(C)c2ccc(C)cc2)cc1. The summed E-state index contributed by atoms with van der Waals surface area (Å²) in [5.41, 5.74) is 8.21. The third kappa shape index (κ3) is 4.36. The van der Waals surface area contributed by atoms with E-state index in [1.165, 1.54) is 16.9 Å². The molecule has 1 fully saturated rings. The van der Waals surface area contributed by atoms with E-state index in [2.05, 4.69) is 103 Å². The molecule has 0 amide bonds. The van der Waals surface area contributed by atoms with Gasteiger partial charge in [-0.2, -0.15) is 0 Å². The lowest BCUT2D eigenvalue weighted by molar-refractivity contribution is 0.122. The maximum atomic E-state index is 5.44. The van der Waals surface area contributed by atoms with Crippen LogP contribution in [0.3, 0.4) is 0 Å². The molecule has 0 unspecified atom stereocenters. The molecule has 0 aromatic heterocycles. The molecule has 29 heavy (non-hydrogen) atoms. The molecule has 3 nitrogen and oxygen atoms in total. The third-order valence-electron chi connectivity index (χ3n) is 5.62. The average molecular weight is 385 g/mol. The van der Waals surface area contributed by atoms with Gasteiger partial charge >= 0.3 is 0 Å². The zero-order chi connectivity index (χ0) is 20.2. The van der Waals surface area contributed by atoms with E-state index in [0.717, 1.165) is 48.7 Å². The van der Waals surface area contributed by atoms with E-state index in [1.807, 2.05) is 0 Å². The smallest absolute Gasteiger partial charge is 0.0642 e. The van der Waals surface area contributed by atoms with Crippen molar-refractivity contribution in [1.29, 1.82) is 0 Å². The normalized spacial score (nSPS) is 13.9. The van der Waals surface area contributed by atoms with Gasteiger partial charge in [-0.25, -0.2) is 0 Å². The first-order chi connectivity index (χ1) is 14.1. The number of aryl methyl sites for hydroxylation is 1. The van der Waals surface area contributed by atoms with Gasteiger partial charge in [0.25, 0.3) is 0 Å². The molecule has 0 N–H and O–H groups in total. The van der Waals surface area contributed by atoms with Crippen molar-refractivity contribution in [3.05, 3.63) is 96.1 Å². The van der Waals surface area contributed by atoms with Crippen molar-refractivity contribution in [3.8, 4) is 0 Å². The number of ether oxygens (including phenoxy) is 1. The lowest BCUT2D eigenvalue weighted by Crippen LogP contribution is -2.36. The summed E-state index contributed by atoms with van der Waals surface area (Å²) in [5.74, 6) is 0. The molecule has 0 saturated carbocycles. The summed E-state index contributed by atoms with van der Waals surface area (Å²) >= 11 is 0. The van der Waals surface area contributed by atoms with Crippen LogP contribution in [0.25, 0.3) is 5.57 Å². The molecule has 0 radical (unpaired) electrons. The first-order valence-electron chi connectivity index (χ1n) is 10.1. The number of morpholine rings is 1. The van der Waals surface area contributed by atoms with Gasteiger partial charge in [-0.3, -0.25) is 0 Å². The zero-order valence-electron chi connectivity index (χ0n) is 17.3. The molecule has 3 heteroatoms. The Balaban J connectivity index is 1.47. The molecule has 0 aliphatic carbocycles. The van der Waals surface area contributed by atoms with Crippen molar-refractivity contribution in [2.75, 3.05) is 43.2 Å². The quantitative estimate of drug-likeness (QED) is 0.564. The molecule has 1 aliphatic rings. The number of benzene rings is 3. The van der Waals surface area contributed by atoms with Crippen molar-refractivity contribution < 1.29 is 4.74 Å². The van der Waals surface area contributed by atoms with Gasteiger partial charge in [0.15, 0.2) is 0 Å². The molecule has 0 bridgehead atoms. The van der Waals surface area contributed by atoms with Crippen LogP contribution in [-0.2, 0) is 4.74 Å². The summed E-state index contributed by atoms with van der Waals surface area (Å²) in [6.07, 6.45) is 0. The predicted octanol–water partition coefficient (Wildman–Crippen LogP) is 5.66. The summed E-state index contributed by atoms with van der Waals surface area (Å²) in [5, 5.41) is 0. The fourth-order valence-electron chi connectivity index (χ4n) is 3.67. The Bertz CT molecular complexity index is 953. The van der Waals surface area contributed by atoms with Gasteiger partial charge in [0.1, 0.15) is 0 Å². The monoisotopic (exact) mass is 384 g/mol. The van der Waals surface area contributed by atoms with Crippen LogP contribution in [0, 0.1) is 6.92 Å². The van der Waals surface area contributed by atoms with Crippen LogP contribution in [-0.4, -0.2) is 33.4 Å². The number of rotatable bonds is 5. The molecule has 0 atom stereocenters. The van der Waals surface area contributed by atoms with E-state index in [4.69, 9.17) is 4.74 Å². The minimum atomic E-state index is 0.803. The molecule has 0 spiro atoms. The van der Waals surface area contributed by atoms with Crippen molar-refractivity contribution in [1.82, 2.24) is 0 Å². The predicted molar refractivity (Wildman–Crippen MR) is 123 cm³/mol. The summed E-state index contributed by atoms with van der Waals surface area (Å²) in [7, 11) is 2.10.